The van der Waals surface area contributed by atoms with Crippen LogP contribution in [0.2, 0.25) is 0 Å². The first kappa shape index (κ1) is 19.7. The van der Waals surface area contributed by atoms with Gasteiger partial charge in [0.05, 0.1) is 0 Å². The zero-order valence-electron chi connectivity index (χ0n) is 15.8. The average Bonchev–Trinajstić information content (AvgIpc) is 3.23. The molecular formula is C20H19N5O4. The molecule has 148 valence electrons. The fourth-order valence-corrected chi connectivity index (χ4v) is 3.01. The van der Waals surface area contributed by atoms with Crippen molar-refractivity contribution in [3.8, 4) is 16.9 Å². The Balaban J connectivity index is 0.00000117. The third kappa shape index (κ3) is 3.57. The molecule has 9 nitrogen and oxygen atoms in total. The van der Waals surface area contributed by atoms with E-state index in [-0.39, 0.29) is 11.4 Å². The Morgan fingerprint density at radius 1 is 1.14 bits per heavy atom. The molecule has 4 rings (SSSR count). The molecule has 4 aromatic rings. The molecule has 3 aromatic heterocycles. The molecule has 29 heavy (non-hydrogen) atoms. The minimum Gasteiger partial charge on any atom is -0.505 e. The Hall–Kier alpha value is -4.01. The topological polar surface area (TPSA) is 130 Å². The van der Waals surface area contributed by atoms with Gasteiger partial charge in [-0.15, -0.1) is 0 Å². The zero-order chi connectivity index (χ0) is 21.0. The molecule has 1 amide bonds. The molecule has 0 bridgehead atoms. The van der Waals surface area contributed by atoms with Crippen molar-refractivity contribution >= 4 is 28.3 Å². The van der Waals surface area contributed by atoms with Gasteiger partial charge in [0.1, 0.15) is 12.9 Å². The molecule has 0 aliphatic rings. The van der Waals surface area contributed by atoms with Crippen molar-refractivity contribution in [1.29, 1.82) is 0 Å². The molecular weight excluding hydrogens is 374 g/mol. The van der Waals surface area contributed by atoms with Gasteiger partial charge in [0.15, 0.2) is 17.1 Å². The van der Waals surface area contributed by atoms with Gasteiger partial charge in [-0.05, 0) is 23.3 Å². The number of aromatic nitrogens is 4. The van der Waals surface area contributed by atoms with Crippen LogP contribution in [0.5, 0.6) is 5.75 Å². The van der Waals surface area contributed by atoms with E-state index >= 15 is 0 Å². The fourth-order valence-electron chi connectivity index (χ4n) is 3.01. The number of nitrogens with zero attached hydrogens (tertiary/aromatic N) is 4. The maximum absolute atomic E-state index is 12.4. The standard InChI is InChI=1S/C18H13N5O4.C2H6/c24-13(25)8-20-18(27)15-16(26)12-3-1-2-11(10-4-6-19-7-5-10)14(12)17-21-9-22-23(15)17;1-2/h1-7,9,26H,8H2,(H,20,27)(H,24,25);1-2H3. The highest BCUT2D eigenvalue weighted by atomic mass is 16.4. The van der Waals surface area contributed by atoms with Crippen molar-refractivity contribution in [2.24, 2.45) is 0 Å². The van der Waals surface area contributed by atoms with Crippen LogP contribution in [0.4, 0.5) is 0 Å². The van der Waals surface area contributed by atoms with Gasteiger partial charge < -0.3 is 15.5 Å². The second-order valence-corrected chi connectivity index (χ2v) is 5.73. The number of hydrogen-bond acceptors (Lipinski definition) is 6. The predicted octanol–water partition coefficient (Wildman–Crippen LogP) is 2.49. The lowest BCUT2D eigenvalue weighted by Crippen LogP contribution is -2.31. The van der Waals surface area contributed by atoms with Crippen molar-refractivity contribution in [1.82, 2.24) is 24.9 Å². The third-order valence-corrected chi connectivity index (χ3v) is 4.13. The monoisotopic (exact) mass is 393 g/mol. The van der Waals surface area contributed by atoms with E-state index in [0.29, 0.717) is 16.4 Å². The maximum Gasteiger partial charge on any atom is 0.322 e. The van der Waals surface area contributed by atoms with Crippen LogP contribution in [0, 0.1) is 0 Å². The van der Waals surface area contributed by atoms with Crippen LogP contribution in [0.15, 0.2) is 49.1 Å². The van der Waals surface area contributed by atoms with E-state index in [1.54, 1.807) is 24.5 Å². The Kier molecular flexibility index (Phi) is 5.68. The number of pyridine rings is 2. The van der Waals surface area contributed by atoms with Crippen LogP contribution in [-0.4, -0.2) is 48.2 Å². The van der Waals surface area contributed by atoms with Gasteiger partial charge in [-0.1, -0.05) is 32.0 Å². The average molecular weight is 393 g/mol. The SMILES string of the molecule is CC.O=C(O)CNC(=O)c1c(O)c2cccc(-c3ccncc3)c2c2ncnn12. The fraction of sp³-hybridized carbons (Fsp3) is 0.150. The summed E-state index contributed by atoms with van der Waals surface area (Å²) in [6.07, 6.45) is 4.58. The van der Waals surface area contributed by atoms with Gasteiger partial charge in [-0.3, -0.25) is 14.6 Å². The Bertz CT molecular complexity index is 1190. The second-order valence-electron chi connectivity index (χ2n) is 5.73. The molecule has 0 aliphatic heterocycles. The molecule has 9 heteroatoms. The van der Waals surface area contributed by atoms with E-state index in [2.05, 4.69) is 20.4 Å². The number of aromatic hydroxyl groups is 1. The van der Waals surface area contributed by atoms with E-state index in [4.69, 9.17) is 5.11 Å². The smallest absolute Gasteiger partial charge is 0.322 e. The van der Waals surface area contributed by atoms with Crippen LogP contribution in [-0.2, 0) is 4.79 Å². The molecule has 0 fully saturated rings. The number of amides is 1. The number of carboxylic acid groups (broad SMARTS) is 1. The summed E-state index contributed by atoms with van der Waals surface area (Å²) in [6, 6.07) is 8.94. The van der Waals surface area contributed by atoms with Gasteiger partial charge >= 0.3 is 5.97 Å². The highest BCUT2D eigenvalue weighted by Crippen LogP contribution is 2.37. The lowest BCUT2D eigenvalue weighted by Gasteiger charge is -2.13. The molecule has 3 heterocycles. The van der Waals surface area contributed by atoms with E-state index in [1.807, 2.05) is 32.0 Å². The Morgan fingerprint density at radius 2 is 1.86 bits per heavy atom. The van der Waals surface area contributed by atoms with Crippen LogP contribution in [0.1, 0.15) is 24.3 Å². The summed E-state index contributed by atoms with van der Waals surface area (Å²) in [4.78, 5) is 31.4. The minimum absolute atomic E-state index is 0.178. The molecule has 0 saturated heterocycles. The highest BCUT2D eigenvalue weighted by molar-refractivity contribution is 6.12. The Labute approximate surface area is 165 Å². The molecule has 0 saturated carbocycles. The number of rotatable bonds is 4. The number of benzene rings is 1. The van der Waals surface area contributed by atoms with E-state index in [0.717, 1.165) is 11.1 Å². The van der Waals surface area contributed by atoms with Crippen LogP contribution in [0.25, 0.3) is 27.5 Å². The molecule has 0 unspecified atom stereocenters. The van der Waals surface area contributed by atoms with E-state index in [1.165, 1.54) is 10.8 Å². The molecule has 0 atom stereocenters. The number of carbonyl (C=O) groups excluding carboxylic acids is 1. The minimum atomic E-state index is -1.20. The maximum atomic E-state index is 12.4. The van der Waals surface area contributed by atoms with E-state index in [9.17, 15) is 14.7 Å². The first-order valence-corrected chi connectivity index (χ1v) is 8.95. The lowest BCUT2D eigenvalue weighted by molar-refractivity contribution is -0.135. The first-order chi connectivity index (χ1) is 14.1. The van der Waals surface area contributed by atoms with Crippen LogP contribution >= 0.6 is 0 Å². The summed E-state index contributed by atoms with van der Waals surface area (Å²) in [7, 11) is 0. The molecule has 0 aliphatic carbocycles. The summed E-state index contributed by atoms with van der Waals surface area (Å²) in [6.45, 7) is 3.42. The second kappa shape index (κ2) is 8.34. The van der Waals surface area contributed by atoms with Gasteiger partial charge in [0, 0.05) is 23.2 Å². The van der Waals surface area contributed by atoms with Gasteiger partial charge in [-0.2, -0.15) is 5.10 Å². The lowest BCUT2D eigenvalue weighted by atomic mass is 9.98. The summed E-state index contributed by atoms with van der Waals surface area (Å²) in [5.41, 5.74) is 1.85. The summed E-state index contributed by atoms with van der Waals surface area (Å²) in [5.74, 6) is -2.26. The van der Waals surface area contributed by atoms with Crippen molar-refractivity contribution < 1.29 is 19.8 Å². The van der Waals surface area contributed by atoms with E-state index < -0.39 is 18.4 Å². The first-order valence-electron chi connectivity index (χ1n) is 8.95. The Morgan fingerprint density at radius 3 is 2.55 bits per heavy atom. The van der Waals surface area contributed by atoms with Crippen LogP contribution in [0.3, 0.4) is 0 Å². The quantitative estimate of drug-likeness (QED) is 0.486. The van der Waals surface area contributed by atoms with Gasteiger partial charge in [-0.25, -0.2) is 9.50 Å². The van der Waals surface area contributed by atoms with Crippen molar-refractivity contribution in [2.45, 2.75) is 13.8 Å². The molecule has 3 N–H and O–H groups in total. The van der Waals surface area contributed by atoms with Crippen molar-refractivity contribution in [3.05, 3.63) is 54.7 Å². The normalized spacial score (nSPS) is 10.4. The van der Waals surface area contributed by atoms with Crippen LogP contribution < -0.4 is 5.32 Å². The number of aliphatic carboxylic acids is 1. The number of hydrogen-bond donors (Lipinski definition) is 3. The van der Waals surface area contributed by atoms with Crippen molar-refractivity contribution in [2.75, 3.05) is 6.54 Å². The predicted molar refractivity (Wildman–Crippen MR) is 107 cm³/mol. The molecule has 0 spiro atoms. The highest BCUT2D eigenvalue weighted by Gasteiger charge is 2.23. The number of carbonyl (C=O) groups is 2. The largest absolute Gasteiger partial charge is 0.505 e. The number of fused-ring (bicyclic) bond motifs is 3. The molecule has 1 aromatic carbocycles. The third-order valence-electron chi connectivity index (χ3n) is 4.13. The van der Waals surface area contributed by atoms with Gasteiger partial charge in [0.2, 0.25) is 0 Å². The number of nitrogens with one attached hydrogen (secondary N) is 1. The van der Waals surface area contributed by atoms with Gasteiger partial charge in [0.25, 0.3) is 5.91 Å². The summed E-state index contributed by atoms with van der Waals surface area (Å²) < 4.78 is 1.21. The number of carboxylic acids is 1. The summed E-state index contributed by atoms with van der Waals surface area (Å²) in [5, 5.41) is 26.8. The van der Waals surface area contributed by atoms with Crippen molar-refractivity contribution in [3.63, 3.8) is 0 Å². The summed E-state index contributed by atoms with van der Waals surface area (Å²) >= 11 is 0. The molecule has 0 radical (unpaired) electrons. The zero-order valence-corrected chi connectivity index (χ0v) is 15.8.